The fraction of sp³-hybridized carbons (Fsp3) is 0. The molecule has 0 aliphatic heterocycles. The van der Waals surface area contributed by atoms with Crippen LogP contribution in [0, 0.1) is 0 Å². The predicted molar refractivity (Wildman–Crippen MR) is 68.3 cm³/mol. The van der Waals surface area contributed by atoms with Crippen LogP contribution < -0.4 is 5.32 Å². The molecular formula is C12H9BrN2O2. The van der Waals surface area contributed by atoms with Crippen LogP contribution in [-0.2, 0) is 4.79 Å². The number of halogens is 1. The highest BCUT2D eigenvalue weighted by atomic mass is 79.9. The molecule has 0 atom stereocenters. The van der Waals surface area contributed by atoms with Crippen molar-refractivity contribution in [1.29, 1.82) is 0 Å². The van der Waals surface area contributed by atoms with Crippen molar-refractivity contribution in [1.82, 2.24) is 4.98 Å². The van der Waals surface area contributed by atoms with E-state index in [2.05, 4.69) is 26.2 Å². The standard InChI is InChI=1S/C12H9BrN2O2/c13-9-3-5-11(14-8-9)15-12(16)6-4-10-2-1-7-17-10/h1-8H,(H,14,15,16). The first-order valence-corrected chi connectivity index (χ1v) is 5.67. The molecule has 2 rings (SSSR count). The van der Waals surface area contributed by atoms with Gasteiger partial charge in [-0.25, -0.2) is 4.98 Å². The number of amides is 1. The number of carbonyl (C=O) groups is 1. The van der Waals surface area contributed by atoms with E-state index in [0.717, 1.165) is 4.47 Å². The van der Waals surface area contributed by atoms with Gasteiger partial charge in [0.05, 0.1) is 6.26 Å². The zero-order chi connectivity index (χ0) is 12.1. The van der Waals surface area contributed by atoms with E-state index in [0.29, 0.717) is 11.6 Å². The second-order valence-corrected chi connectivity index (χ2v) is 4.12. The molecule has 4 nitrogen and oxygen atoms in total. The van der Waals surface area contributed by atoms with Gasteiger partial charge in [0.1, 0.15) is 11.6 Å². The third-order valence-corrected chi connectivity index (χ3v) is 2.39. The lowest BCUT2D eigenvalue weighted by Gasteiger charge is -1.99. The molecule has 2 heterocycles. The van der Waals surface area contributed by atoms with E-state index in [4.69, 9.17) is 4.42 Å². The van der Waals surface area contributed by atoms with Crippen molar-refractivity contribution >= 4 is 33.7 Å². The highest BCUT2D eigenvalue weighted by molar-refractivity contribution is 9.10. The quantitative estimate of drug-likeness (QED) is 0.885. The molecule has 0 aliphatic carbocycles. The van der Waals surface area contributed by atoms with E-state index in [1.54, 1.807) is 42.8 Å². The van der Waals surface area contributed by atoms with Crippen molar-refractivity contribution in [3.63, 3.8) is 0 Å². The van der Waals surface area contributed by atoms with E-state index in [1.165, 1.54) is 6.08 Å². The minimum Gasteiger partial charge on any atom is -0.465 e. The lowest BCUT2D eigenvalue weighted by Crippen LogP contribution is -2.08. The molecule has 0 saturated carbocycles. The molecule has 0 aliphatic rings. The fourth-order valence-electron chi connectivity index (χ4n) is 1.16. The van der Waals surface area contributed by atoms with E-state index in [9.17, 15) is 4.79 Å². The van der Waals surface area contributed by atoms with Crippen LogP contribution in [0.3, 0.4) is 0 Å². The van der Waals surface area contributed by atoms with Crippen LogP contribution in [0.2, 0.25) is 0 Å². The monoisotopic (exact) mass is 292 g/mol. The fourth-order valence-corrected chi connectivity index (χ4v) is 1.40. The van der Waals surface area contributed by atoms with Gasteiger partial charge >= 0.3 is 0 Å². The summed E-state index contributed by atoms with van der Waals surface area (Å²) in [6.45, 7) is 0. The molecule has 1 amide bonds. The number of anilines is 1. The second kappa shape index (κ2) is 5.45. The molecule has 2 aromatic rings. The Labute approximate surface area is 106 Å². The highest BCUT2D eigenvalue weighted by Gasteiger charge is 1.99. The summed E-state index contributed by atoms with van der Waals surface area (Å²) < 4.78 is 5.92. The predicted octanol–water partition coefficient (Wildman–Crippen LogP) is 3.09. The van der Waals surface area contributed by atoms with Gasteiger partial charge in [0, 0.05) is 16.7 Å². The minimum absolute atomic E-state index is 0.253. The van der Waals surface area contributed by atoms with Crippen LogP contribution in [-0.4, -0.2) is 10.9 Å². The largest absolute Gasteiger partial charge is 0.465 e. The molecule has 0 unspecified atom stereocenters. The van der Waals surface area contributed by atoms with Gasteiger partial charge in [0.25, 0.3) is 0 Å². The molecule has 1 N–H and O–H groups in total. The Bertz CT molecular complexity index is 518. The normalized spacial score (nSPS) is 10.6. The van der Waals surface area contributed by atoms with Crippen molar-refractivity contribution in [2.24, 2.45) is 0 Å². The number of hydrogen-bond acceptors (Lipinski definition) is 3. The summed E-state index contributed by atoms with van der Waals surface area (Å²) in [5.74, 6) is 0.877. The Morgan fingerprint density at radius 1 is 1.41 bits per heavy atom. The molecule has 0 spiro atoms. The van der Waals surface area contributed by atoms with Crippen LogP contribution in [0.1, 0.15) is 5.76 Å². The third kappa shape index (κ3) is 3.57. The zero-order valence-corrected chi connectivity index (χ0v) is 10.3. The van der Waals surface area contributed by atoms with Gasteiger partial charge in [-0.2, -0.15) is 0 Å². The van der Waals surface area contributed by atoms with Gasteiger partial charge < -0.3 is 9.73 Å². The summed E-state index contributed by atoms with van der Waals surface area (Å²) >= 11 is 3.27. The van der Waals surface area contributed by atoms with Gasteiger partial charge in [0.2, 0.25) is 5.91 Å². The summed E-state index contributed by atoms with van der Waals surface area (Å²) in [4.78, 5) is 15.5. The maximum absolute atomic E-state index is 11.5. The Morgan fingerprint density at radius 2 is 2.29 bits per heavy atom. The highest BCUT2D eigenvalue weighted by Crippen LogP contribution is 2.10. The van der Waals surface area contributed by atoms with Gasteiger partial charge in [-0.15, -0.1) is 0 Å². The van der Waals surface area contributed by atoms with Crippen molar-refractivity contribution < 1.29 is 9.21 Å². The average Bonchev–Trinajstić information content (AvgIpc) is 2.83. The van der Waals surface area contributed by atoms with Gasteiger partial charge in [-0.05, 0) is 46.3 Å². The van der Waals surface area contributed by atoms with Crippen molar-refractivity contribution in [2.45, 2.75) is 0 Å². The Kier molecular flexibility index (Phi) is 3.72. The number of hydrogen-bond donors (Lipinski definition) is 1. The first kappa shape index (κ1) is 11.6. The summed E-state index contributed by atoms with van der Waals surface area (Å²) in [5, 5.41) is 2.63. The molecule has 0 radical (unpaired) electrons. The number of pyridine rings is 1. The van der Waals surface area contributed by atoms with E-state index in [-0.39, 0.29) is 5.91 Å². The topological polar surface area (TPSA) is 55.1 Å². The lowest BCUT2D eigenvalue weighted by molar-refractivity contribution is -0.111. The second-order valence-electron chi connectivity index (χ2n) is 3.20. The SMILES string of the molecule is O=C(C=Cc1ccco1)Nc1ccc(Br)cn1. The van der Waals surface area contributed by atoms with Gasteiger partial charge in [0.15, 0.2) is 0 Å². The smallest absolute Gasteiger partial charge is 0.249 e. The molecule has 17 heavy (non-hydrogen) atoms. The number of rotatable bonds is 3. The number of carbonyl (C=O) groups excluding carboxylic acids is 1. The summed E-state index contributed by atoms with van der Waals surface area (Å²) in [6, 6.07) is 7.04. The molecule has 0 fully saturated rings. The molecular weight excluding hydrogens is 284 g/mol. The van der Waals surface area contributed by atoms with Crippen LogP contribution in [0.15, 0.2) is 51.7 Å². The van der Waals surface area contributed by atoms with Crippen molar-refractivity contribution in [2.75, 3.05) is 5.32 Å². The number of nitrogens with one attached hydrogen (secondary N) is 1. The Hall–Kier alpha value is -1.88. The van der Waals surface area contributed by atoms with Crippen LogP contribution in [0.4, 0.5) is 5.82 Å². The summed E-state index contributed by atoms with van der Waals surface area (Å²) in [7, 11) is 0. The van der Waals surface area contributed by atoms with E-state index >= 15 is 0 Å². The van der Waals surface area contributed by atoms with Crippen molar-refractivity contribution in [3.8, 4) is 0 Å². The summed E-state index contributed by atoms with van der Waals surface area (Å²) in [5.41, 5.74) is 0. The molecule has 5 heteroatoms. The van der Waals surface area contributed by atoms with E-state index in [1.807, 2.05) is 0 Å². The molecule has 2 aromatic heterocycles. The van der Waals surface area contributed by atoms with Gasteiger partial charge in [-0.3, -0.25) is 4.79 Å². The minimum atomic E-state index is -0.253. The average molecular weight is 293 g/mol. The number of nitrogens with zero attached hydrogens (tertiary/aromatic N) is 1. The van der Waals surface area contributed by atoms with Crippen LogP contribution in [0.25, 0.3) is 6.08 Å². The first-order chi connectivity index (χ1) is 8.24. The van der Waals surface area contributed by atoms with Gasteiger partial charge in [-0.1, -0.05) is 0 Å². The van der Waals surface area contributed by atoms with Crippen molar-refractivity contribution in [3.05, 3.63) is 53.0 Å². The number of furan rings is 1. The lowest BCUT2D eigenvalue weighted by atomic mass is 10.4. The maximum atomic E-state index is 11.5. The van der Waals surface area contributed by atoms with Crippen LogP contribution >= 0.6 is 15.9 Å². The maximum Gasteiger partial charge on any atom is 0.249 e. The Balaban J connectivity index is 1.95. The zero-order valence-electron chi connectivity index (χ0n) is 8.76. The number of aromatic nitrogens is 1. The summed E-state index contributed by atoms with van der Waals surface area (Å²) in [6.07, 6.45) is 6.15. The Morgan fingerprint density at radius 3 is 2.94 bits per heavy atom. The first-order valence-electron chi connectivity index (χ1n) is 4.88. The van der Waals surface area contributed by atoms with E-state index < -0.39 is 0 Å². The molecule has 86 valence electrons. The third-order valence-electron chi connectivity index (χ3n) is 1.92. The molecule has 0 aromatic carbocycles. The molecule has 0 saturated heterocycles. The molecule has 0 bridgehead atoms. The van der Waals surface area contributed by atoms with Crippen LogP contribution in [0.5, 0.6) is 0 Å².